The van der Waals surface area contributed by atoms with Gasteiger partial charge in [-0.2, -0.15) is 8.42 Å². The summed E-state index contributed by atoms with van der Waals surface area (Å²) in [6, 6.07) is 9.83. The van der Waals surface area contributed by atoms with Crippen LogP contribution in [-0.4, -0.2) is 29.4 Å². The Morgan fingerprint density at radius 2 is 1.52 bits per heavy atom. The molecule has 0 aliphatic carbocycles. The van der Waals surface area contributed by atoms with Gasteiger partial charge in [0.1, 0.15) is 0 Å². The van der Waals surface area contributed by atoms with Gasteiger partial charge < -0.3 is 4.43 Å². The number of hydrogen-bond acceptors (Lipinski definition) is 4. The van der Waals surface area contributed by atoms with Crippen LogP contribution in [0.5, 0.6) is 0 Å². The van der Waals surface area contributed by atoms with Crippen molar-refractivity contribution < 1.29 is 17.0 Å². The second-order valence-corrected chi connectivity index (χ2v) is 12.3. The molecule has 1 aromatic carbocycles. The van der Waals surface area contributed by atoms with Crippen molar-refractivity contribution in [3.8, 4) is 0 Å². The van der Waals surface area contributed by atoms with Crippen molar-refractivity contribution >= 4 is 18.4 Å². The smallest absolute Gasteiger partial charge is 0.297 e. The summed E-state index contributed by atoms with van der Waals surface area (Å²) in [6.07, 6.45) is 0.583. The molecule has 0 radical (unpaired) electrons. The summed E-state index contributed by atoms with van der Waals surface area (Å²) in [4.78, 5) is 0.197. The van der Waals surface area contributed by atoms with Crippen molar-refractivity contribution in [2.75, 3.05) is 6.61 Å². The zero-order chi connectivity index (χ0) is 17.5. The van der Waals surface area contributed by atoms with Crippen molar-refractivity contribution in [1.82, 2.24) is 0 Å². The quantitative estimate of drug-likeness (QED) is 0.456. The minimum Gasteiger partial charge on any atom is -0.412 e. The molecule has 1 aromatic rings. The fraction of sp³-hybridized carbons (Fsp3) is 0.647. The molecule has 0 spiro atoms. The van der Waals surface area contributed by atoms with Crippen LogP contribution in [0.15, 0.2) is 29.2 Å². The molecule has 1 rings (SSSR count). The highest BCUT2D eigenvalue weighted by Crippen LogP contribution is 2.25. The van der Waals surface area contributed by atoms with E-state index in [0.717, 1.165) is 30.1 Å². The molecule has 0 aliphatic rings. The molecule has 0 aliphatic heterocycles. The SMILES string of the molecule is CC[C@H](COS(=O)(=O)c1ccc(C)cc1)O[Si](CC)(CC)CC. The molecule has 23 heavy (non-hydrogen) atoms. The summed E-state index contributed by atoms with van der Waals surface area (Å²) in [5.74, 6) is 0. The topological polar surface area (TPSA) is 52.6 Å². The molecule has 0 aromatic heterocycles. The van der Waals surface area contributed by atoms with Gasteiger partial charge in [0.15, 0.2) is 8.32 Å². The van der Waals surface area contributed by atoms with Gasteiger partial charge in [-0.05, 0) is 43.6 Å². The van der Waals surface area contributed by atoms with E-state index in [9.17, 15) is 8.42 Å². The molecule has 132 valence electrons. The summed E-state index contributed by atoms with van der Waals surface area (Å²) in [5.41, 5.74) is 1.02. The number of hydrogen-bond donors (Lipinski definition) is 0. The molecule has 6 heteroatoms. The van der Waals surface area contributed by atoms with E-state index in [1.165, 1.54) is 0 Å². The molecular weight excluding hydrogens is 328 g/mol. The molecule has 0 N–H and O–H groups in total. The fourth-order valence-electron chi connectivity index (χ4n) is 2.53. The largest absolute Gasteiger partial charge is 0.412 e. The van der Waals surface area contributed by atoms with Gasteiger partial charge >= 0.3 is 0 Å². The molecule has 1 atom stereocenters. The van der Waals surface area contributed by atoms with Crippen LogP contribution in [0, 0.1) is 6.92 Å². The van der Waals surface area contributed by atoms with Crippen molar-refractivity contribution in [2.45, 2.75) is 70.2 Å². The van der Waals surface area contributed by atoms with Crippen LogP contribution < -0.4 is 0 Å². The van der Waals surface area contributed by atoms with E-state index in [0.29, 0.717) is 0 Å². The van der Waals surface area contributed by atoms with Gasteiger partial charge in [0.05, 0.1) is 17.6 Å². The lowest BCUT2D eigenvalue weighted by Crippen LogP contribution is -2.41. The first kappa shape index (κ1) is 20.4. The Balaban J connectivity index is 2.75. The van der Waals surface area contributed by atoms with E-state index in [1.807, 2.05) is 13.8 Å². The number of benzene rings is 1. The van der Waals surface area contributed by atoms with E-state index >= 15 is 0 Å². The average Bonchev–Trinajstić information content (AvgIpc) is 2.56. The van der Waals surface area contributed by atoms with Gasteiger partial charge in [-0.1, -0.05) is 45.4 Å². The minimum atomic E-state index is -3.72. The van der Waals surface area contributed by atoms with E-state index in [2.05, 4.69) is 20.8 Å². The predicted octanol–water partition coefficient (Wildman–Crippen LogP) is 4.50. The van der Waals surface area contributed by atoms with Crippen molar-refractivity contribution in [3.05, 3.63) is 29.8 Å². The van der Waals surface area contributed by atoms with Gasteiger partial charge in [-0.25, -0.2) is 0 Å². The number of rotatable bonds is 10. The third-order valence-corrected chi connectivity index (χ3v) is 10.5. The summed E-state index contributed by atoms with van der Waals surface area (Å²) in [6.45, 7) is 10.5. The van der Waals surface area contributed by atoms with E-state index in [-0.39, 0.29) is 17.6 Å². The molecule has 0 unspecified atom stereocenters. The zero-order valence-corrected chi connectivity index (χ0v) is 16.8. The molecule has 0 amide bonds. The van der Waals surface area contributed by atoms with Gasteiger partial charge in [0.2, 0.25) is 0 Å². The lowest BCUT2D eigenvalue weighted by atomic mass is 10.2. The normalized spacial score (nSPS) is 14.0. The third kappa shape index (κ3) is 5.71. The van der Waals surface area contributed by atoms with Crippen LogP contribution in [0.4, 0.5) is 0 Å². The van der Waals surface area contributed by atoms with E-state index in [1.54, 1.807) is 24.3 Å². The molecule has 0 bridgehead atoms. The Morgan fingerprint density at radius 1 is 1.00 bits per heavy atom. The van der Waals surface area contributed by atoms with Gasteiger partial charge in [0.25, 0.3) is 10.1 Å². The average molecular weight is 359 g/mol. The van der Waals surface area contributed by atoms with Crippen LogP contribution in [0.3, 0.4) is 0 Å². The van der Waals surface area contributed by atoms with Gasteiger partial charge in [-0.15, -0.1) is 0 Å². The Morgan fingerprint density at radius 3 is 1.96 bits per heavy atom. The summed E-state index contributed by atoms with van der Waals surface area (Å²) in [5, 5.41) is 0. The summed E-state index contributed by atoms with van der Waals surface area (Å²) >= 11 is 0. The second kappa shape index (κ2) is 8.96. The Hall–Kier alpha value is -0.693. The van der Waals surface area contributed by atoms with E-state index < -0.39 is 18.4 Å². The van der Waals surface area contributed by atoms with Crippen LogP contribution in [0.2, 0.25) is 18.1 Å². The van der Waals surface area contributed by atoms with Crippen LogP contribution in [0.1, 0.15) is 39.7 Å². The van der Waals surface area contributed by atoms with Crippen LogP contribution in [-0.2, 0) is 18.7 Å². The Kier molecular flexibility index (Phi) is 7.93. The molecule has 0 saturated heterocycles. The second-order valence-electron chi connectivity index (χ2n) is 5.94. The molecule has 0 fully saturated rings. The van der Waals surface area contributed by atoms with Gasteiger partial charge in [-0.3, -0.25) is 4.18 Å². The third-order valence-electron chi connectivity index (χ3n) is 4.52. The lowest BCUT2D eigenvalue weighted by molar-refractivity contribution is 0.118. The lowest BCUT2D eigenvalue weighted by Gasteiger charge is -2.32. The van der Waals surface area contributed by atoms with Crippen molar-refractivity contribution in [3.63, 3.8) is 0 Å². The summed E-state index contributed by atoms with van der Waals surface area (Å²) in [7, 11) is -5.48. The maximum atomic E-state index is 12.3. The standard InChI is InChI=1S/C17H30O4SSi/c1-6-16(21-23(7-2,8-3)9-4)14-20-22(18,19)17-12-10-15(5)11-13-17/h10-13,16H,6-9,14H2,1-5H3/t16-/m1/s1. The maximum absolute atomic E-state index is 12.3. The van der Waals surface area contributed by atoms with E-state index in [4.69, 9.17) is 8.61 Å². The molecule has 0 saturated carbocycles. The zero-order valence-electron chi connectivity index (χ0n) is 15.0. The first-order valence-corrected chi connectivity index (χ1v) is 12.4. The maximum Gasteiger partial charge on any atom is 0.297 e. The first-order valence-electron chi connectivity index (χ1n) is 8.46. The highest BCUT2D eigenvalue weighted by molar-refractivity contribution is 7.86. The van der Waals surface area contributed by atoms with Crippen LogP contribution >= 0.6 is 0 Å². The molecule has 0 heterocycles. The van der Waals surface area contributed by atoms with Gasteiger partial charge in [0, 0.05) is 0 Å². The van der Waals surface area contributed by atoms with Crippen LogP contribution in [0.25, 0.3) is 0 Å². The monoisotopic (exact) mass is 358 g/mol. The predicted molar refractivity (Wildman–Crippen MR) is 96.7 cm³/mol. The Labute approximate surface area is 142 Å². The Bertz CT molecular complexity index is 556. The van der Waals surface area contributed by atoms with Crippen molar-refractivity contribution in [1.29, 1.82) is 0 Å². The molecule has 4 nitrogen and oxygen atoms in total. The fourth-order valence-corrected chi connectivity index (χ4v) is 6.41. The summed E-state index contributed by atoms with van der Waals surface area (Å²) < 4.78 is 36.1. The highest BCUT2D eigenvalue weighted by Gasteiger charge is 2.32. The minimum absolute atomic E-state index is 0.0848. The molecular formula is C17H30O4SSi. The highest BCUT2D eigenvalue weighted by atomic mass is 32.2. The number of aryl methyl sites for hydroxylation is 1. The van der Waals surface area contributed by atoms with Crippen molar-refractivity contribution in [2.24, 2.45) is 0 Å². The first-order chi connectivity index (χ1) is 10.8.